The van der Waals surface area contributed by atoms with Crippen molar-refractivity contribution < 1.29 is 18.3 Å². The highest BCUT2D eigenvalue weighted by atomic mass is 32.2. The highest BCUT2D eigenvalue weighted by molar-refractivity contribution is 7.78. The van der Waals surface area contributed by atoms with Crippen LogP contribution < -0.4 is 4.74 Å². The summed E-state index contributed by atoms with van der Waals surface area (Å²) < 4.78 is 25.3. The van der Waals surface area contributed by atoms with Gasteiger partial charge < -0.3 is 9.29 Å². The lowest BCUT2D eigenvalue weighted by Gasteiger charge is -1.96. The van der Waals surface area contributed by atoms with E-state index in [4.69, 9.17) is 9.29 Å². The SMILES string of the molecule is C=CC(=O)Oc1cc2ncnc(CS(=O)O)c2s1. The molecule has 2 aromatic heterocycles. The average Bonchev–Trinajstić information content (AvgIpc) is 2.71. The van der Waals surface area contributed by atoms with Crippen molar-refractivity contribution in [3.05, 3.63) is 30.7 Å². The first kappa shape index (κ1) is 12.8. The molecule has 0 saturated carbocycles. The van der Waals surface area contributed by atoms with Crippen LogP contribution in [0.15, 0.2) is 25.0 Å². The van der Waals surface area contributed by atoms with Gasteiger partial charge >= 0.3 is 5.97 Å². The molecule has 8 heteroatoms. The van der Waals surface area contributed by atoms with Crippen molar-refractivity contribution >= 4 is 38.6 Å². The number of thiophene rings is 1. The van der Waals surface area contributed by atoms with E-state index >= 15 is 0 Å². The van der Waals surface area contributed by atoms with E-state index in [0.717, 1.165) is 17.4 Å². The van der Waals surface area contributed by atoms with Crippen LogP contribution in [0.3, 0.4) is 0 Å². The van der Waals surface area contributed by atoms with E-state index in [1.54, 1.807) is 6.07 Å². The molecule has 2 heterocycles. The summed E-state index contributed by atoms with van der Waals surface area (Å²) in [6, 6.07) is 1.58. The second kappa shape index (κ2) is 5.34. The molecule has 2 rings (SSSR count). The van der Waals surface area contributed by atoms with Crippen molar-refractivity contribution in [2.45, 2.75) is 5.75 Å². The largest absolute Gasteiger partial charge is 0.412 e. The van der Waals surface area contributed by atoms with Gasteiger partial charge in [-0.05, 0) is 0 Å². The van der Waals surface area contributed by atoms with Gasteiger partial charge in [-0.2, -0.15) is 0 Å². The number of hydrogen-bond donors (Lipinski definition) is 1. The van der Waals surface area contributed by atoms with E-state index in [1.807, 2.05) is 0 Å². The minimum Gasteiger partial charge on any atom is -0.412 e. The Kier molecular flexibility index (Phi) is 3.80. The fourth-order valence-corrected chi connectivity index (χ4v) is 2.79. The molecule has 1 N–H and O–H groups in total. The number of aromatic nitrogens is 2. The van der Waals surface area contributed by atoms with Crippen molar-refractivity contribution in [2.75, 3.05) is 0 Å². The van der Waals surface area contributed by atoms with Crippen LogP contribution in [-0.2, 0) is 21.6 Å². The van der Waals surface area contributed by atoms with E-state index in [-0.39, 0.29) is 5.75 Å². The molecule has 0 spiro atoms. The minimum absolute atomic E-state index is 0.0889. The van der Waals surface area contributed by atoms with Crippen molar-refractivity contribution in [3.8, 4) is 5.06 Å². The van der Waals surface area contributed by atoms with Gasteiger partial charge in [-0.1, -0.05) is 17.9 Å². The van der Waals surface area contributed by atoms with Crippen LogP contribution in [0.4, 0.5) is 0 Å². The minimum atomic E-state index is -1.98. The van der Waals surface area contributed by atoms with E-state index in [2.05, 4.69) is 16.5 Å². The van der Waals surface area contributed by atoms with Crippen molar-refractivity contribution in [1.82, 2.24) is 9.97 Å². The smallest absolute Gasteiger partial charge is 0.336 e. The summed E-state index contributed by atoms with van der Waals surface area (Å²) in [7, 11) is 0. The molecular formula is C10H8N2O4S2. The Balaban J connectivity index is 2.40. The first-order chi connectivity index (χ1) is 8.60. The second-order valence-corrected chi connectivity index (χ2v) is 5.14. The van der Waals surface area contributed by atoms with Crippen LogP contribution in [0.2, 0.25) is 0 Å². The number of esters is 1. The van der Waals surface area contributed by atoms with Crippen molar-refractivity contribution in [3.63, 3.8) is 0 Å². The summed E-state index contributed by atoms with van der Waals surface area (Å²) in [5, 5.41) is 0.348. The zero-order valence-electron chi connectivity index (χ0n) is 9.03. The van der Waals surface area contributed by atoms with Gasteiger partial charge in [-0.25, -0.2) is 19.0 Å². The monoisotopic (exact) mass is 284 g/mol. The maximum atomic E-state index is 11.1. The number of carbonyl (C=O) groups is 1. The first-order valence-electron chi connectivity index (χ1n) is 4.75. The highest BCUT2D eigenvalue weighted by Gasteiger charge is 2.12. The first-order valence-corrected chi connectivity index (χ1v) is 6.84. The second-order valence-electron chi connectivity index (χ2n) is 3.19. The predicted molar refractivity (Wildman–Crippen MR) is 67.7 cm³/mol. The van der Waals surface area contributed by atoms with E-state index in [9.17, 15) is 9.00 Å². The fourth-order valence-electron chi connectivity index (χ4n) is 1.29. The Hall–Kier alpha value is -1.64. The lowest BCUT2D eigenvalue weighted by molar-refractivity contribution is -0.128. The van der Waals surface area contributed by atoms with Gasteiger partial charge in [0.1, 0.15) is 6.33 Å². The Morgan fingerprint density at radius 2 is 2.39 bits per heavy atom. The summed E-state index contributed by atoms with van der Waals surface area (Å²) in [4.78, 5) is 19.0. The molecule has 0 aliphatic heterocycles. The average molecular weight is 284 g/mol. The summed E-state index contributed by atoms with van der Waals surface area (Å²) in [5.41, 5.74) is 1.02. The summed E-state index contributed by atoms with van der Waals surface area (Å²) >= 11 is -0.835. The Bertz CT molecular complexity index is 638. The van der Waals surface area contributed by atoms with Crippen molar-refractivity contribution in [2.24, 2.45) is 0 Å². The van der Waals surface area contributed by atoms with E-state index in [1.165, 1.54) is 6.33 Å². The van der Waals surface area contributed by atoms with Crippen LogP contribution in [0.25, 0.3) is 10.2 Å². The molecule has 18 heavy (non-hydrogen) atoms. The van der Waals surface area contributed by atoms with Gasteiger partial charge in [0.2, 0.25) is 0 Å². The maximum Gasteiger partial charge on any atom is 0.336 e. The van der Waals surface area contributed by atoms with Gasteiger partial charge in [-0.15, -0.1) is 0 Å². The molecule has 1 atom stereocenters. The summed E-state index contributed by atoms with van der Waals surface area (Å²) in [6.07, 6.45) is 2.36. The van der Waals surface area contributed by atoms with Crippen LogP contribution >= 0.6 is 11.3 Å². The predicted octanol–water partition coefficient (Wildman–Crippen LogP) is 1.50. The normalized spacial score (nSPS) is 12.3. The molecule has 0 fully saturated rings. The molecular weight excluding hydrogens is 276 g/mol. The Morgan fingerprint density at radius 1 is 1.61 bits per heavy atom. The summed E-state index contributed by atoms with van der Waals surface area (Å²) in [5.74, 6) is -0.657. The summed E-state index contributed by atoms with van der Waals surface area (Å²) in [6.45, 7) is 3.30. The molecule has 0 aliphatic rings. The van der Waals surface area contributed by atoms with Crippen LogP contribution in [0.1, 0.15) is 5.69 Å². The lowest BCUT2D eigenvalue weighted by Crippen LogP contribution is -2.00. The van der Waals surface area contributed by atoms with Crippen molar-refractivity contribution in [1.29, 1.82) is 0 Å². The molecule has 0 saturated heterocycles. The fraction of sp³-hybridized carbons (Fsp3) is 0.100. The number of carbonyl (C=O) groups excluding carboxylic acids is 1. The molecule has 6 nitrogen and oxygen atoms in total. The van der Waals surface area contributed by atoms with Gasteiger partial charge in [0.25, 0.3) is 0 Å². The molecule has 0 amide bonds. The molecule has 94 valence electrons. The number of rotatable bonds is 4. The zero-order chi connectivity index (χ0) is 13.1. The van der Waals surface area contributed by atoms with Gasteiger partial charge in [0, 0.05) is 12.1 Å². The van der Waals surface area contributed by atoms with E-state index < -0.39 is 17.0 Å². The number of fused-ring (bicyclic) bond motifs is 1. The van der Waals surface area contributed by atoms with E-state index in [0.29, 0.717) is 21.0 Å². The number of hydrogen-bond acceptors (Lipinski definition) is 6. The Labute approximate surface area is 109 Å². The van der Waals surface area contributed by atoms with Crippen LogP contribution in [0, 0.1) is 0 Å². The third-order valence-electron chi connectivity index (χ3n) is 1.99. The third kappa shape index (κ3) is 2.78. The molecule has 0 radical (unpaired) electrons. The highest BCUT2D eigenvalue weighted by Crippen LogP contribution is 2.32. The van der Waals surface area contributed by atoms with Gasteiger partial charge in [0.05, 0.1) is 21.7 Å². The molecule has 2 aromatic rings. The van der Waals surface area contributed by atoms with Gasteiger partial charge in [-0.3, -0.25) is 0 Å². The zero-order valence-corrected chi connectivity index (χ0v) is 10.7. The maximum absolute atomic E-state index is 11.1. The lowest BCUT2D eigenvalue weighted by atomic mass is 10.4. The quantitative estimate of drug-likeness (QED) is 0.520. The number of nitrogens with zero attached hydrogens (tertiary/aromatic N) is 2. The van der Waals surface area contributed by atoms with Crippen LogP contribution in [0.5, 0.6) is 5.06 Å². The topological polar surface area (TPSA) is 89.4 Å². The molecule has 0 aliphatic carbocycles. The number of ether oxygens (including phenoxy) is 1. The Morgan fingerprint density at radius 3 is 3.06 bits per heavy atom. The van der Waals surface area contributed by atoms with Crippen LogP contribution in [-0.4, -0.2) is 24.7 Å². The molecule has 1 unspecified atom stereocenters. The standard InChI is InChI=1S/C10H8N2O4S2/c1-2-8(13)16-9-3-6-10(17-9)7(4-18(14)15)12-5-11-6/h2-3,5H,1,4H2,(H,14,15). The molecule has 0 aromatic carbocycles. The molecule has 0 bridgehead atoms. The van der Waals surface area contributed by atoms with Gasteiger partial charge in [0.15, 0.2) is 16.1 Å². The third-order valence-corrected chi connectivity index (χ3v) is 3.56.